The fourth-order valence-corrected chi connectivity index (χ4v) is 3.82. The molecule has 0 spiro atoms. The van der Waals surface area contributed by atoms with Crippen LogP contribution < -0.4 is 0 Å². The second-order valence-electron chi connectivity index (χ2n) is 6.93. The molecule has 0 fully saturated rings. The number of allylic oxidation sites excluding steroid dienone is 1. The minimum atomic E-state index is -0.535. The zero-order valence-corrected chi connectivity index (χ0v) is 15.7. The molecule has 0 atom stereocenters. The van der Waals surface area contributed by atoms with Gasteiger partial charge in [-0.15, -0.1) is 0 Å². The number of aromatic nitrogens is 2. The van der Waals surface area contributed by atoms with Gasteiger partial charge in [0.2, 0.25) is 0 Å². The van der Waals surface area contributed by atoms with E-state index in [9.17, 15) is 4.39 Å². The molecule has 0 saturated heterocycles. The van der Waals surface area contributed by atoms with E-state index in [1.165, 1.54) is 22.2 Å². The Hall–Kier alpha value is -2.17. The first-order valence-corrected chi connectivity index (χ1v) is 9.14. The van der Waals surface area contributed by atoms with Crippen molar-refractivity contribution < 1.29 is 4.39 Å². The van der Waals surface area contributed by atoms with Crippen molar-refractivity contribution in [3.63, 3.8) is 0 Å². The Morgan fingerprint density at radius 3 is 2.88 bits per heavy atom. The van der Waals surface area contributed by atoms with E-state index in [4.69, 9.17) is 11.6 Å². The lowest BCUT2D eigenvalue weighted by molar-refractivity contribution is 0.312. The van der Waals surface area contributed by atoms with Crippen molar-refractivity contribution in [2.75, 3.05) is 13.6 Å². The molecule has 1 aromatic carbocycles. The number of alkyl halides is 1. The molecule has 0 radical (unpaired) electrons. The van der Waals surface area contributed by atoms with Gasteiger partial charge in [-0.05, 0) is 54.9 Å². The number of nitrogens with zero attached hydrogens (tertiary/aromatic N) is 3. The van der Waals surface area contributed by atoms with E-state index in [1.54, 1.807) is 12.3 Å². The van der Waals surface area contributed by atoms with Crippen molar-refractivity contribution >= 4 is 34.3 Å². The summed E-state index contributed by atoms with van der Waals surface area (Å²) in [6.07, 6.45) is 4.90. The molecule has 0 amide bonds. The molecule has 3 aromatic rings. The maximum absolute atomic E-state index is 12.7. The van der Waals surface area contributed by atoms with E-state index in [0.29, 0.717) is 5.69 Å². The smallest absolute Gasteiger partial charge is 0.131 e. The van der Waals surface area contributed by atoms with Gasteiger partial charge in [0.25, 0.3) is 0 Å². The Labute approximate surface area is 157 Å². The number of hydrogen-bond donors (Lipinski definition) is 0. The second-order valence-corrected chi connectivity index (χ2v) is 7.36. The minimum absolute atomic E-state index is 0.461. The van der Waals surface area contributed by atoms with Gasteiger partial charge < -0.3 is 9.47 Å². The van der Waals surface area contributed by atoms with Crippen LogP contribution in [-0.4, -0.2) is 28.0 Å². The van der Waals surface area contributed by atoms with Gasteiger partial charge >= 0.3 is 0 Å². The zero-order valence-electron chi connectivity index (χ0n) is 15.0. The van der Waals surface area contributed by atoms with E-state index in [2.05, 4.69) is 46.8 Å². The van der Waals surface area contributed by atoms with Crippen molar-refractivity contribution in [1.82, 2.24) is 14.5 Å². The predicted molar refractivity (Wildman–Crippen MR) is 106 cm³/mol. The standard InChI is InChI=1S/C21H21ClFN3/c1-14(15-3-5-17(10-23)24-11-15)12-26-20-6-4-16(22)9-18(20)19-13-25(2)8-7-21(19)26/h3-6,9,11-12H,7-8,10,13H2,1-2H3/b14-12+. The number of hydrogen-bond acceptors (Lipinski definition) is 2. The van der Waals surface area contributed by atoms with Crippen LogP contribution in [-0.2, 0) is 19.6 Å². The molecule has 1 aliphatic heterocycles. The maximum Gasteiger partial charge on any atom is 0.131 e. The van der Waals surface area contributed by atoms with Gasteiger partial charge in [-0.2, -0.15) is 0 Å². The van der Waals surface area contributed by atoms with Gasteiger partial charge in [-0.1, -0.05) is 17.7 Å². The predicted octanol–water partition coefficient (Wildman–Crippen LogP) is 5.17. The van der Waals surface area contributed by atoms with Gasteiger partial charge in [0.1, 0.15) is 6.67 Å². The average molecular weight is 370 g/mol. The Morgan fingerprint density at radius 2 is 2.15 bits per heavy atom. The summed E-state index contributed by atoms with van der Waals surface area (Å²) in [6.45, 7) is 3.50. The normalized spacial score (nSPS) is 15.5. The van der Waals surface area contributed by atoms with Crippen LogP contribution in [0.25, 0.3) is 22.7 Å². The van der Waals surface area contributed by atoms with Crippen molar-refractivity contribution in [3.8, 4) is 0 Å². The highest BCUT2D eigenvalue weighted by molar-refractivity contribution is 6.31. The molecule has 0 N–H and O–H groups in total. The maximum atomic E-state index is 12.7. The first-order valence-electron chi connectivity index (χ1n) is 8.76. The van der Waals surface area contributed by atoms with E-state index >= 15 is 0 Å². The third-order valence-corrected chi connectivity index (χ3v) is 5.32. The molecule has 4 rings (SSSR count). The van der Waals surface area contributed by atoms with Crippen LogP contribution in [0.1, 0.15) is 29.4 Å². The molecule has 0 aliphatic carbocycles. The number of rotatable bonds is 3. The molecule has 26 heavy (non-hydrogen) atoms. The lowest BCUT2D eigenvalue weighted by Crippen LogP contribution is -2.26. The van der Waals surface area contributed by atoms with Gasteiger partial charge in [0.05, 0.1) is 11.2 Å². The summed E-state index contributed by atoms with van der Waals surface area (Å²) >= 11 is 6.26. The molecule has 1 aliphatic rings. The summed E-state index contributed by atoms with van der Waals surface area (Å²) < 4.78 is 15.0. The average Bonchev–Trinajstić information content (AvgIpc) is 2.94. The highest BCUT2D eigenvalue weighted by Gasteiger charge is 2.22. The topological polar surface area (TPSA) is 21.1 Å². The monoisotopic (exact) mass is 369 g/mol. The van der Waals surface area contributed by atoms with Gasteiger partial charge in [-0.3, -0.25) is 4.98 Å². The Balaban J connectivity index is 1.85. The highest BCUT2D eigenvalue weighted by atomic mass is 35.5. The lowest BCUT2D eigenvalue weighted by Gasteiger charge is -2.23. The fourth-order valence-electron chi connectivity index (χ4n) is 3.65. The minimum Gasteiger partial charge on any atom is -0.320 e. The zero-order chi connectivity index (χ0) is 18.3. The van der Waals surface area contributed by atoms with Crippen LogP contribution in [0, 0.1) is 0 Å². The lowest BCUT2D eigenvalue weighted by atomic mass is 10.1. The number of likely N-dealkylation sites (N-methyl/N-ethyl adjacent to an activating group) is 1. The van der Waals surface area contributed by atoms with Crippen LogP contribution in [0.2, 0.25) is 5.02 Å². The first kappa shape index (κ1) is 17.3. The molecule has 2 aromatic heterocycles. The van der Waals surface area contributed by atoms with Gasteiger partial charge in [0, 0.05) is 48.0 Å². The molecule has 3 heterocycles. The number of benzene rings is 1. The van der Waals surface area contributed by atoms with Crippen LogP contribution in [0.4, 0.5) is 4.39 Å². The molecule has 0 unspecified atom stereocenters. The molecule has 134 valence electrons. The molecule has 3 nitrogen and oxygen atoms in total. The Kier molecular flexibility index (Phi) is 4.55. The summed E-state index contributed by atoms with van der Waals surface area (Å²) in [7, 11) is 2.15. The quantitative estimate of drug-likeness (QED) is 0.635. The van der Waals surface area contributed by atoms with Crippen molar-refractivity contribution in [3.05, 3.63) is 64.1 Å². The van der Waals surface area contributed by atoms with Gasteiger partial charge in [0.15, 0.2) is 0 Å². The number of fused-ring (bicyclic) bond motifs is 3. The van der Waals surface area contributed by atoms with Crippen LogP contribution in [0.15, 0.2) is 36.5 Å². The molecule has 0 bridgehead atoms. The summed E-state index contributed by atoms with van der Waals surface area (Å²) in [5.74, 6) is 0. The van der Waals surface area contributed by atoms with Crippen LogP contribution >= 0.6 is 11.6 Å². The molecular weight excluding hydrogens is 349 g/mol. The summed E-state index contributed by atoms with van der Waals surface area (Å²) in [6, 6.07) is 9.76. The third-order valence-electron chi connectivity index (χ3n) is 5.08. The molecule has 0 saturated carbocycles. The van der Waals surface area contributed by atoms with Crippen molar-refractivity contribution in [2.45, 2.75) is 26.6 Å². The van der Waals surface area contributed by atoms with E-state index in [0.717, 1.165) is 35.7 Å². The SMILES string of the molecule is C/C(=C\n1c2c(c3cc(Cl)ccc31)CN(C)CC2)c1ccc(CF)nc1. The van der Waals surface area contributed by atoms with Crippen molar-refractivity contribution in [2.24, 2.45) is 0 Å². The molecular formula is C21H21ClFN3. The fraction of sp³-hybridized carbons (Fsp3) is 0.286. The third kappa shape index (κ3) is 3.04. The molecule has 5 heteroatoms. The Bertz CT molecular complexity index is 989. The summed E-state index contributed by atoms with van der Waals surface area (Å²) in [5.41, 5.74) is 6.42. The highest BCUT2D eigenvalue weighted by Crippen LogP contribution is 2.33. The first-order chi connectivity index (χ1) is 12.6. The van der Waals surface area contributed by atoms with Crippen LogP contribution in [0.3, 0.4) is 0 Å². The second kappa shape index (κ2) is 6.86. The Morgan fingerprint density at radius 1 is 1.31 bits per heavy atom. The number of pyridine rings is 1. The van der Waals surface area contributed by atoms with E-state index < -0.39 is 6.67 Å². The van der Waals surface area contributed by atoms with Crippen LogP contribution in [0.5, 0.6) is 0 Å². The van der Waals surface area contributed by atoms with E-state index in [-0.39, 0.29) is 0 Å². The van der Waals surface area contributed by atoms with Gasteiger partial charge in [-0.25, -0.2) is 4.39 Å². The summed E-state index contributed by atoms with van der Waals surface area (Å²) in [5, 5.41) is 1.98. The summed E-state index contributed by atoms with van der Waals surface area (Å²) in [4.78, 5) is 6.51. The van der Waals surface area contributed by atoms with E-state index in [1.807, 2.05) is 12.1 Å². The van der Waals surface area contributed by atoms with Crippen molar-refractivity contribution in [1.29, 1.82) is 0 Å². The number of halogens is 2. The largest absolute Gasteiger partial charge is 0.320 e.